The molecule has 1 aliphatic carbocycles. The molecule has 3 rings (SSSR count). The average molecular weight is 270 g/mol. The Morgan fingerprint density at radius 2 is 2.05 bits per heavy atom. The zero-order valence-corrected chi connectivity index (χ0v) is 12.0. The molecule has 0 aliphatic heterocycles. The van der Waals surface area contributed by atoms with Gasteiger partial charge in [-0.2, -0.15) is 0 Å². The van der Waals surface area contributed by atoms with Crippen molar-refractivity contribution >= 4 is 0 Å². The average Bonchev–Trinajstić information content (AvgIpc) is 2.87. The highest BCUT2D eigenvalue weighted by molar-refractivity contribution is 5.32. The highest BCUT2D eigenvalue weighted by Crippen LogP contribution is 2.50. The molecule has 0 radical (unpaired) electrons. The Morgan fingerprint density at radius 1 is 1.30 bits per heavy atom. The second-order valence-electron chi connectivity index (χ2n) is 5.74. The lowest BCUT2D eigenvalue weighted by Gasteiger charge is -2.46. The minimum Gasteiger partial charge on any atom is -0.322 e. The topological polar surface area (TPSA) is 56.7 Å². The Kier molecular flexibility index (Phi) is 3.57. The van der Waals surface area contributed by atoms with Gasteiger partial charge in [0.25, 0.3) is 0 Å². The lowest BCUT2D eigenvalue weighted by molar-refractivity contribution is 0.189. The van der Waals surface area contributed by atoms with E-state index in [0.717, 1.165) is 31.5 Å². The van der Waals surface area contributed by atoms with Crippen LogP contribution < -0.4 is 5.73 Å². The molecule has 1 aliphatic rings. The molecule has 1 saturated carbocycles. The van der Waals surface area contributed by atoms with Crippen molar-refractivity contribution in [3.05, 3.63) is 47.8 Å². The van der Waals surface area contributed by atoms with Crippen LogP contribution >= 0.6 is 0 Å². The van der Waals surface area contributed by atoms with Gasteiger partial charge in [0.15, 0.2) is 0 Å². The van der Waals surface area contributed by atoms with E-state index in [1.54, 1.807) is 0 Å². The van der Waals surface area contributed by atoms with Gasteiger partial charge < -0.3 is 5.73 Å². The van der Waals surface area contributed by atoms with E-state index in [1.807, 2.05) is 10.9 Å². The molecule has 1 aromatic carbocycles. The number of nitrogens with two attached hydrogens (primary N) is 1. The smallest absolute Gasteiger partial charge is 0.0763 e. The van der Waals surface area contributed by atoms with Crippen molar-refractivity contribution < 1.29 is 0 Å². The van der Waals surface area contributed by atoms with Crippen LogP contribution in [0.2, 0.25) is 0 Å². The Balaban J connectivity index is 1.95. The van der Waals surface area contributed by atoms with E-state index in [-0.39, 0.29) is 11.5 Å². The van der Waals surface area contributed by atoms with Gasteiger partial charge in [-0.05, 0) is 24.8 Å². The monoisotopic (exact) mass is 270 g/mol. The van der Waals surface area contributed by atoms with Crippen LogP contribution in [0, 0.1) is 0 Å². The van der Waals surface area contributed by atoms with E-state index in [4.69, 9.17) is 5.73 Å². The van der Waals surface area contributed by atoms with Crippen LogP contribution in [-0.2, 0) is 12.0 Å². The van der Waals surface area contributed by atoms with Gasteiger partial charge in [-0.25, -0.2) is 4.68 Å². The van der Waals surface area contributed by atoms with Gasteiger partial charge in [0.2, 0.25) is 0 Å². The van der Waals surface area contributed by atoms with Crippen LogP contribution in [-0.4, -0.2) is 15.0 Å². The maximum atomic E-state index is 6.64. The molecule has 2 N–H and O–H groups in total. The van der Waals surface area contributed by atoms with Gasteiger partial charge in [-0.15, -0.1) is 5.10 Å². The summed E-state index contributed by atoms with van der Waals surface area (Å²) in [5, 5.41) is 8.24. The number of rotatable bonds is 5. The van der Waals surface area contributed by atoms with E-state index >= 15 is 0 Å². The van der Waals surface area contributed by atoms with Crippen LogP contribution in [0.5, 0.6) is 0 Å². The first-order valence-corrected chi connectivity index (χ1v) is 7.47. The van der Waals surface area contributed by atoms with Gasteiger partial charge in [0.1, 0.15) is 0 Å². The maximum Gasteiger partial charge on any atom is 0.0763 e. The van der Waals surface area contributed by atoms with Crippen molar-refractivity contribution in [1.82, 2.24) is 15.0 Å². The summed E-state index contributed by atoms with van der Waals surface area (Å²) in [5.41, 5.74) is 9.12. The number of aryl methyl sites for hydroxylation is 1. The molecule has 0 saturated heterocycles. The zero-order chi connectivity index (χ0) is 14.0. The molecule has 1 heterocycles. The molecule has 1 aromatic heterocycles. The summed E-state index contributed by atoms with van der Waals surface area (Å²) in [6, 6.07) is 10.6. The molecule has 1 atom stereocenters. The quantitative estimate of drug-likeness (QED) is 0.909. The minimum atomic E-state index is -0.0276. The predicted molar refractivity (Wildman–Crippen MR) is 79.2 cm³/mol. The number of aromatic nitrogens is 3. The first-order chi connectivity index (χ1) is 9.78. The first-order valence-electron chi connectivity index (χ1n) is 7.47. The van der Waals surface area contributed by atoms with Crippen molar-refractivity contribution in [1.29, 1.82) is 0 Å². The highest BCUT2D eigenvalue weighted by Gasteiger charge is 2.45. The number of hydrogen-bond acceptors (Lipinski definition) is 3. The number of benzene rings is 1. The third-order valence-corrected chi connectivity index (χ3v) is 4.59. The predicted octanol–water partition coefficient (Wildman–Crippen LogP) is 2.81. The summed E-state index contributed by atoms with van der Waals surface area (Å²) in [5.74, 6) is 0. The molecule has 0 bridgehead atoms. The van der Waals surface area contributed by atoms with Crippen molar-refractivity contribution in [2.24, 2.45) is 5.73 Å². The van der Waals surface area contributed by atoms with Gasteiger partial charge in [0.05, 0.1) is 17.9 Å². The van der Waals surface area contributed by atoms with Gasteiger partial charge >= 0.3 is 0 Å². The van der Waals surface area contributed by atoms with E-state index in [0.29, 0.717) is 0 Å². The van der Waals surface area contributed by atoms with Crippen LogP contribution in [0.3, 0.4) is 0 Å². The third-order valence-electron chi connectivity index (χ3n) is 4.59. The van der Waals surface area contributed by atoms with E-state index in [9.17, 15) is 0 Å². The molecule has 4 heteroatoms. The zero-order valence-electron chi connectivity index (χ0n) is 12.0. The molecule has 106 valence electrons. The van der Waals surface area contributed by atoms with Crippen LogP contribution in [0.15, 0.2) is 36.5 Å². The fourth-order valence-corrected chi connectivity index (χ4v) is 3.28. The lowest BCUT2D eigenvalue weighted by atomic mass is 9.59. The van der Waals surface area contributed by atoms with Crippen molar-refractivity contribution in [2.45, 2.75) is 50.6 Å². The van der Waals surface area contributed by atoms with Crippen LogP contribution in [0.4, 0.5) is 0 Å². The standard InChI is InChI=1S/C16H22N4/c1-2-11-20-14(12-18-19-20)15(17)16(9-6-10-16)13-7-4-3-5-8-13/h3-5,7-8,12,15H,2,6,9-11,17H2,1H3. The number of hydrogen-bond donors (Lipinski definition) is 1. The number of nitrogens with zero attached hydrogens (tertiary/aromatic N) is 3. The maximum absolute atomic E-state index is 6.64. The molecule has 0 spiro atoms. The van der Waals surface area contributed by atoms with E-state index < -0.39 is 0 Å². The second kappa shape index (κ2) is 5.37. The highest BCUT2D eigenvalue weighted by atomic mass is 15.4. The summed E-state index contributed by atoms with van der Waals surface area (Å²) in [4.78, 5) is 0. The van der Waals surface area contributed by atoms with Crippen molar-refractivity contribution in [2.75, 3.05) is 0 Å². The molecule has 1 unspecified atom stereocenters. The van der Waals surface area contributed by atoms with Gasteiger partial charge in [-0.1, -0.05) is 48.9 Å². The largest absolute Gasteiger partial charge is 0.322 e. The lowest BCUT2D eigenvalue weighted by Crippen LogP contribution is -2.45. The van der Waals surface area contributed by atoms with E-state index in [2.05, 4.69) is 47.6 Å². The molecule has 4 nitrogen and oxygen atoms in total. The molecule has 20 heavy (non-hydrogen) atoms. The minimum absolute atomic E-state index is 0.0276. The Hall–Kier alpha value is -1.68. The molecule has 1 fully saturated rings. The molecule has 2 aromatic rings. The van der Waals surface area contributed by atoms with Crippen LogP contribution in [0.25, 0.3) is 0 Å². The van der Waals surface area contributed by atoms with Gasteiger partial charge in [0, 0.05) is 12.0 Å². The summed E-state index contributed by atoms with van der Waals surface area (Å²) < 4.78 is 1.97. The van der Waals surface area contributed by atoms with Crippen LogP contribution in [0.1, 0.15) is 49.9 Å². The summed E-state index contributed by atoms with van der Waals surface area (Å²) in [7, 11) is 0. The fourth-order valence-electron chi connectivity index (χ4n) is 3.28. The summed E-state index contributed by atoms with van der Waals surface area (Å²) in [6.07, 6.45) is 6.42. The third kappa shape index (κ3) is 2.04. The normalized spacial score (nSPS) is 18.5. The van der Waals surface area contributed by atoms with Crippen molar-refractivity contribution in [3.8, 4) is 0 Å². The van der Waals surface area contributed by atoms with Gasteiger partial charge in [-0.3, -0.25) is 0 Å². The molecular formula is C16H22N4. The SMILES string of the molecule is CCCn1nncc1C(N)C1(c2ccccc2)CCC1. The fraction of sp³-hybridized carbons (Fsp3) is 0.500. The molecular weight excluding hydrogens is 248 g/mol. The summed E-state index contributed by atoms with van der Waals surface area (Å²) >= 11 is 0. The van der Waals surface area contributed by atoms with E-state index in [1.165, 1.54) is 12.0 Å². The summed E-state index contributed by atoms with van der Waals surface area (Å²) in [6.45, 7) is 3.03. The Morgan fingerprint density at radius 3 is 2.65 bits per heavy atom. The second-order valence-corrected chi connectivity index (χ2v) is 5.74. The Labute approximate surface area is 120 Å². The Bertz CT molecular complexity index is 557. The first kappa shape index (κ1) is 13.3. The van der Waals surface area contributed by atoms with Crippen molar-refractivity contribution in [3.63, 3.8) is 0 Å². The molecule has 0 amide bonds.